The second kappa shape index (κ2) is 11.7. The molecule has 4 N–H and O–H groups in total. The predicted molar refractivity (Wildman–Crippen MR) is 148 cm³/mol. The Labute approximate surface area is 233 Å². The molecule has 0 aliphatic carbocycles. The van der Waals surface area contributed by atoms with Gasteiger partial charge in [0, 0.05) is 41.5 Å². The first-order valence-corrected chi connectivity index (χ1v) is 12.4. The van der Waals surface area contributed by atoms with Gasteiger partial charge in [-0.15, -0.1) is 0 Å². The van der Waals surface area contributed by atoms with E-state index in [1.54, 1.807) is 63.5 Å². The van der Waals surface area contributed by atoms with E-state index in [-0.39, 0.29) is 11.8 Å². The first-order valence-electron chi connectivity index (χ1n) is 12.4. The molecule has 0 fully saturated rings. The van der Waals surface area contributed by atoms with Crippen LogP contribution >= 0.6 is 0 Å². The van der Waals surface area contributed by atoms with Crippen LogP contribution in [0.15, 0.2) is 67.8 Å². The van der Waals surface area contributed by atoms with E-state index >= 15 is 0 Å². The molecule has 0 aliphatic rings. The number of carbonyl (C=O) groups excluding carboxylic acids is 2. The summed E-state index contributed by atoms with van der Waals surface area (Å²) in [5, 5.41) is 7.63. The molecule has 214 valence electrons. The maximum absolute atomic E-state index is 12.7. The second-order valence-electron chi connectivity index (χ2n) is 10.2. The smallest absolute Gasteiger partial charge is 0.405 e. The van der Waals surface area contributed by atoms with Crippen LogP contribution < -0.4 is 20.7 Å². The van der Waals surface area contributed by atoms with Crippen LogP contribution in [0.5, 0.6) is 11.6 Å². The molecule has 4 rings (SSSR count). The molecule has 4 aromatic rings. The minimum atomic E-state index is -4.53. The van der Waals surface area contributed by atoms with E-state index in [1.807, 2.05) is 5.32 Å². The number of ether oxygens (including phenoxy) is 1. The molecule has 41 heavy (non-hydrogen) atoms. The van der Waals surface area contributed by atoms with E-state index in [2.05, 4.69) is 37.1 Å². The van der Waals surface area contributed by atoms with Crippen molar-refractivity contribution in [3.63, 3.8) is 0 Å². The van der Waals surface area contributed by atoms with Crippen molar-refractivity contribution in [3.8, 4) is 22.8 Å². The van der Waals surface area contributed by atoms with Gasteiger partial charge >= 0.3 is 6.18 Å². The lowest BCUT2D eigenvalue weighted by molar-refractivity contribution is -0.140. The summed E-state index contributed by atoms with van der Waals surface area (Å²) in [6.07, 6.45) is 2.84. The Balaban J connectivity index is 1.58. The van der Waals surface area contributed by atoms with Crippen molar-refractivity contribution in [2.45, 2.75) is 33.0 Å². The van der Waals surface area contributed by atoms with E-state index < -0.39 is 30.1 Å². The monoisotopic (exact) mass is 567 g/mol. The zero-order valence-electron chi connectivity index (χ0n) is 22.5. The summed E-state index contributed by atoms with van der Waals surface area (Å²) < 4.78 is 43.9. The van der Waals surface area contributed by atoms with Gasteiger partial charge in [-0.2, -0.15) is 13.2 Å². The fourth-order valence-corrected chi connectivity index (χ4v) is 3.89. The predicted octanol–water partition coefficient (Wildman–Crippen LogP) is 5.44. The standard InChI is InChI=1S/C28H28F3N7O3/c1-5-21(39)36-17-7-6-8-19(10-17)41-22-14-34-25-23(38-22)20(13-33-25)16-9-18(12-32-11-16)37-24(27(2,3)4)26(40)35-15-28(29,30)31/h5-14,24,37H,1,15H2,2-4H3,(H,33,34)(H,35,40)(H,36,39). The highest BCUT2D eigenvalue weighted by atomic mass is 19.4. The third-order valence-corrected chi connectivity index (χ3v) is 5.82. The minimum absolute atomic E-state index is 0.196. The van der Waals surface area contributed by atoms with E-state index in [0.29, 0.717) is 39.4 Å². The van der Waals surface area contributed by atoms with E-state index in [4.69, 9.17) is 4.74 Å². The average molecular weight is 568 g/mol. The number of anilines is 2. The molecule has 0 saturated heterocycles. The van der Waals surface area contributed by atoms with Gasteiger partial charge in [0.2, 0.25) is 17.7 Å². The molecule has 0 radical (unpaired) electrons. The number of nitrogens with zero attached hydrogens (tertiary/aromatic N) is 3. The van der Waals surface area contributed by atoms with E-state index in [9.17, 15) is 22.8 Å². The Morgan fingerprint density at radius 2 is 1.90 bits per heavy atom. The van der Waals surface area contributed by atoms with Crippen molar-refractivity contribution < 1.29 is 27.5 Å². The van der Waals surface area contributed by atoms with Crippen LogP contribution in [0.1, 0.15) is 20.8 Å². The van der Waals surface area contributed by atoms with Crippen LogP contribution in [0, 0.1) is 5.41 Å². The molecule has 13 heteroatoms. The molecule has 3 heterocycles. The molecule has 3 aromatic heterocycles. The molecule has 0 bridgehead atoms. The van der Waals surface area contributed by atoms with Crippen LogP contribution in [0.25, 0.3) is 22.3 Å². The molecular weight excluding hydrogens is 539 g/mol. The Morgan fingerprint density at radius 1 is 1.12 bits per heavy atom. The number of hydrogen-bond acceptors (Lipinski definition) is 7. The number of hydrogen-bond donors (Lipinski definition) is 4. The highest BCUT2D eigenvalue weighted by molar-refractivity contribution is 5.99. The molecule has 1 atom stereocenters. The van der Waals surface area contributed by atoms with E-state index in [1.165, 1.54) is 12.4 Å². The molecule has 0 aliphatic heterocycles. The maximum atomic E-state index is 12.7. The fourth-order valence-electron chi connectivity index (χ4n) is 3.89. The fraction of sp³-hybridized carbons (Fsp3) is 0.250. The van der Waals surface area contributed by atoms with Gasteiger partial charge in [-0.3, -0.25) is 14.6 Å². The normalized spacial score (nSPS) is 12.4. The van der Waals surface area contributed by atoms with Crippen LogP contribution in [0.4, 0.5) is 24.5 Å². The Bertz CT molecular complexity index is 1580. The lowest BCUT2D eigenvalue weighted by Gasteiger charge is -2.31. The molecule has 1 aromatic carbocycles. The zero-order valence-corrected chi connectivity index (χ0v) is 22.5. The molecule has 1 unspecified atom stereocenters. The summed E-state index contributed by atoms with van der Waals surface area (Å²) >= 11 is 0. The average Bonchev–Trinajstić information content (AvgIpc) is 3.33. The van der Waals surface area contributed by atoms with Gasteiger partial charge in [0.1, 0.15) is 23.9 Å². The number of aromatic amines is 1. The maximum Gasteiger partial charge on any atom is 0.405 e. The van der Waals surface area contributed by atoms with E-state index in [0.717, 1.165) is 6.08 Å². The lowest BCUT2D eigenvalue weighted by atomic mass is 9.86. The van der Waals surface area contributed by atoms with Gasteiger partial charge in [-0.25, -0.2) is 9.97 Å². The quantitative estimate of drug-likeness (QED) is 0.198. The number of aromatic nitrogens is 4. The number of nitrogens with one attached hydrogen (secondary N) is 4. The van der Waals surface area contributed by atoms with Crippen LogP contribution in [0.3, 0.4) is 0 Å². The van der Waals surface area contributed by atoms with Crippen LogP contribution in [-0.4, -0.2) is 50.5 Å². The topological polar surface area (TPSA) is 134 Å². The highest BCUT2D eigenvalue weighted by Crippen LogP contribution is 2.31. The summed E-state index contributed by atoms with van der Waals surface area (Å²) in [5.41, 5.74) is 2.44. The molecular formula is C28H28F3N7O3. The van der Waals surface area contributed by atoms with Gasteiger partial charge < -0.3 is 25.7 Å². The van der Waals surface area contributed by atoms with Gasteiger partial charge in [0.05, 0.1) is 11.9 Å². The van der Waals surface area contributed by atoms with Crippen molar-refractivity contribution in [3.05, 3.63) is 67.8 Å². The number of amides is 2. The minimum Gasteiger partial charge on any atom is -0.437 e. The lowest BCUT2D eigenvalue weighted by Crippen LogP contribution is -2.49. The number of fused-ring (bicyclic) bond motifs is 1. The summed E-state index contributed by atoms with van der Waals surface area (Å²) in [4.78, 5) is 40.5. The number of benzene rings is 1. The van der Waals surface area contributed by atoms with Crippen molar-refractivity contribution >= 4 is 34.4 Å². The van der Waals surface area contributed by atoms with Gasteiger partial charge in [0.25, 0.3) is 0 Å². The van der Waals surface area contributed by atoms with Crippen molar-refractivity contribution in [1.82, 2.24) is 25.3 Å². The SMILES string of the molecule is C=CC(=O)Nc1cccc(Oc2cnc3[nH]cc(-c4cncc(NC(C(=O)NCC(F)(F)F)C(C)(C)C)c4)c3n2)c1. The molecule has 0 saturated carbocycles. The molecule has 10 nitrogen and oxygen atoms in total. The number of pyridine rings is 1. The molecule has 0 spiro atoms. The summed E-state index contributed by atoms with van der Waals surface area (Å²) in [6, 6.07) is 7.47. The third-order valence-electron chi connectivity index (χ3n) is 5.82. The Hall–Kier alpha value is -4.94. The Kier molecular flexibility index (Phi) is 8.26. The van der Waals surface area contributed by atoms with Crippen molar-refractivity contribution in [1.29, 1.82) is 0 Å². The van der Waals surface area contributed by atoms with Crippen molar-refractivity contribution in [2.75, 3.05) is 17.2 Å². The van der Waals surface area contributed by atoms with Gasteiger partial charge in [0.15, 0.2) is 5.65 Å². The number of halogens is 3. The highest BCUT2D eigenvalue weighted by Gasteiger charge is 2.34. The van der Waals surface area contributed by atoms with Crippen LogP contribution in [0.2, 0.25) is 0 Å². The van der Waals surface area contributed by atoms with Crippen molar-refractivity contribution in [2.24, 2.45) is 5.41 Å². The summed E-state index contributed by atoms with van der Waals surface area (Å²) in [7, 11) is 0. The largest absolute Gasteiger partial charge is 0.437 e. The summed E-state index contributed by atoms with van der Waals surface area (Å²) in [5.74, 6) is -0.529. The number of alkyl halides is 3. The van der Waals surface area contributed by atoms with Gasteiger partial charge in [-0.1, -0.05) is 33.4 Å². The third kappa shape index (κ3) is 7.59. The van der Waals surface area contributed by atoms with Crippen LogP contribution in [-0.2, 0) is 9.59 Å². The summed E-state index contributed by atoms with van der Waals surface area (Å²) in [6.45, 7) is 7.24. The van der Waals surface area contributed by atoms with Gasteiger partial charge in [-0.05, 0) is 29.7 Å². The first-order chi connectivity index (χ1) is 19.3. The Morgan fingerprint density at radius 3 is 2.61 bits per heavy atom. The number of rotatable bonds is 9. The second-order valence-corrected chi connectivity index (χ2v) is 10.2. The molecule has 2 amide bonds. The first kappa shape index (κ1) is 29.1. The number of H-pyrrole nitrogens is 1. The zero-order chi connectivity index (χ0) is 29.8. The number of carbonyl (C=O) groups is 2.